The predicted octanol–water partition coefficient (Wildman–Crippen LogP) is 4.76. The highest BCUT2D eigenvalue weighted by Crippen LogP contribution is 2.27. The van der Waals surface area contributed by atoms with Gasteiger partial charge in [0.25, 0.3) is 0 Å². The van der Waals surface area contributed by atoms with Crippen molar-refractivity contribution in [2.24, 2.45) is 0 Å². The van der Waals surface area contributed by atoms with Crippen LogP contribution in [0.3, 0.4) is 0 Å². The van der Waals surface area contributed by atoms with E-state index in [0.717, 1.165) is 10.5 Å². The normalized spacial score (nSPS) is 12.9. The second kappa shape index (κ2) is 7.27. The van der Waals surface area contributed by atoms with Gasteiger partial charge in [0, 0.05) is 16.1 Å². The van der Waals surface area contributed by atoms with Crippen molar-refractivity contribution in [3.63, 3.8) is 0 Å². The Hall–Kier alpha value is -1.36. The van der Waals surface area contributed by atoms with Crippen LogP contribution in [0.15, 0.2) is 59.5 Å². The number of nitrogens with one attached hydrogen (secondary N) is 1. The van der Waals surface area contributed by atoms with E-state index in [9.17, 15) is 4.79 Å². The lowest BCUT2D eigenvalue weighted by Gasteiger charge is -2.29. The Bertz CT molecular complexity index is 637. The highest BCUT2D eigenvalue weighted by molar-refractivity contribution is 8.14. The minimum atomic E-state index is -1.39. The quantitative estimate of drug-likeness (QED) is 0.633. The van der Waals surface area contributed by atoms with Gasteiger partial charge in [-0.1, -0.05) is 56.0 Å². The van der Waals surface area contributed by atoms with Crippen LogP contribution in [0.5, 0.6) is 0 Å². The molecular weight excluding hydrogens is 306 g/mol. The molecule has 0 spiro atoms. The number of benzene rings is 2. The molecule has 4 heteroatoms. The molecule has 22 heavy (non-hydrogen) atoms. The van der Waals surface area contributed by atoms with Gasteiger partial charge in [0.05, 0.1) is 8.07 Å². The maximum absolute atomic E-state index is 12.5. The summed E-state index contributed by atoms with van der Waals surface area (Å²) >= 11 is 1.28. The molecule has 0 aliphatic heterocycles. The van der Waals surface area contributed by atoms with Crippen LogP contribution in [0.2, 0.25) is 19.6 Å². The Morgan fingerprint density at radius 2 is 1.73 bits per heavy atom. The van der Waals surface area contributed by atoms with Crippen molar-refractivity contribution in [3.8, 4) is 0 Å². The summed E-state index contributed by atoms with van der Waals surface area (Å²) in [6, 6.07) is 17.8. The topological polar surface area (TPSA) is 29.1 Å². The van der Waals surface area contributed by atoms with Crippen molar-refractivity contribution in [2.45, 2.75) is 30.2 Å². The van der Waals surface area contributed by atoms with Gasteiger partial charge in [-0.15, -0.1) is 0 Å². The largest absolute Gasteiger partial charge is 0.316 e. The lowest BCUT2D eigenvalue weighted by atomic mass is 10.1. The van der Waals surface area contributed by atoms with E-state index in [1.807, 2.05) is 55.6 Å². The highest BCUT2D eigenvalue weighted by atomic mass is 32.2. The van der Waals surface area contributed by atoms with Crippen LogP contribution in [0.1, 0.15) is 21.6 Å². The third-order valence-electron chi connectivity index (χ3n) is 3.56. The molecule has 0 radical (unpaired) electrons. The zero-order valence-corrected chi connectivity index (χ0v) is 15.4. The molecule has 2 rings (SSSR count). The molecule has 2 aromatic rings. The Kier molecular flexibility index (Phi) is 5.61. The molecule has 0 fully saturated rings. The van der Waals surface area contributed by atoms with Crippen LogP contribution in [0.4, 0.5) is 0 Å². The molecule has 2 nitrogen and oxygen atoms in total. The third-order valence-corrected chi connectivity index (χ3v) is 6.85. The number of hydrogen-bond acceptors (Lipinski definition) is 3. The van der Waals surface area contributed by atoms with E-state index < -0.39 is 8.07 Å². The van der Waals surface area contributed by atoms with Crippen LogP contribution in [0.25, 0.3) is 0 Å². The first-order chi connectivity index (χ1) is 10.4. The molecular formula is C18H23NOSSi. The fourth-order valence-electron chi connectivity index (χ4n) is 2.60. The van der Waals surface area contributed by atoms with E-state index in [-0.39, 0.29) is 5.12 Å². The molecule has 0 saturated carbocycles. The van der Waals surface area contributed by atoms with Crippen molar-refractivity contribution in [1.29, 1.82) is 0 Å². The van der Waals surface area contributed by atoms with E-state index in [4.69, 9.17) is 0 Å². The Morgan fingerprint density at radius 1 is 1.05 bits per heavy atom. The van der Waals surface area contributed by atoms with Gasteiger partial charge in [-0.05, 0) is 42.6 Å². The van der Waals surface area contributed by atoms with Gasteiger partial charge < -0.3 is 5.32 Å². The molecule has 1 unspecified atom stereocenters. The molecule has 2 aromatic carbocycles. The van der Waals surface area contributed by atoms with Gasteiger partial charge in [-0.2, -0.15) is 0 Å². The van der Waals surface area contributed by atoms with E-state index in [2.05, 4.69) is 31.0 Å². The Balaban J connectivity index is 2.22. The van der Waals surface area contributed by atoms with Crippen molar-refractivity contribution < 1.29 is 4.79 Å². The standard InChI is InChI=1S/C18H23NOSSi/c1-19-17(22(2,3)4)14-9-8-10-15(13-14)18(20)21-16-11-6-5-7-12-16/h5-13,17,19H,1-4H3. The van der Waals surface area contributed by atoms with Gasteiger partial charge in [0.2, 0.25) is 5.12 Å². The van der Waals surface area contributed by atoms with Gasteiger partial charge in [0.1, 0.15) is 0 Å². The summed E-state index contributed by atoms with van der Waals surface area (Å²) < 4.78 is 0. The molecule has 1 atom stereocenters. The van der Waals surface area contributed by atoms with Gasteiger partial charge in [0.15, 0.2) is 0 Å². The Labute approximate surface area is 138 Å². The van der Waals surface area contributed by atoms with Crippen molar-refractivity contribution in [2.75, 3.05) is 7.05 Å². The van der Waals surface area contributed by atoms with Crippen LogP contribution in [-0.2, 0) is 0 Å². The molecule has 0 bridgehead atoms. The molecule has 116 valence electrons. The SMILES string of the molecule is CNC(c1cccc(C(=O)Sc2ccccc2)c1)[Si](C)(C)C. The molecule has 0 aliphatic carbocycles. The monoisotopic (exact) mass is 329 g/mol. The third kappa shape index (κ3) is 4.32. The maximum Gasteiger partial charge on any atom is 0.224 e. The summed E-state index contributed by atoms with van der Waals surface area (Å²) in [4.78, 5) is 13.5. The maximum atomic E-state index is 12.5. The summed E-state index contributed by atoms with van der Waals surface area (Å²) in [6.07, 6.45) is 0. The minimum absolute atomic E-state index is 0.0958. The van der Waals surface area contributed by atoms with Crippen molar-refractivity contribution in [1.82, 2.24) is 5.32 Å². The summed E-state index contributed by atoms with van der Waals surface area (Å²) in [5.74, 6) is 0. The zero-order valence-electron chi connectivity index (χ0n) is 13.6. The van der Waals surface area contributed by atoms with Gasteiger partial charge >= 0.3 is 0 Å². The number of carbonyl (C=O) groups is 1. The smallest absolute Gasteiger partial charge is 0.224 e. The molecule has 1 N–H and O–H groups in total. The molecule has 0 aliphatic rings. The summed E-state index contributed by atoms with van der Waals surface area (Å²) in [6.45, 7) is 7.00. The van der Waals surface area contributed by atoms with Crippen molar-refractivity contribution >= 4 is 25.0 Å². The predicted molar refractivity (Wildman–Crippen MR) is 98.2 cm³/mol. The lowest BCUT2D eigenvalue weighted by Crippen LogP contribution is -2.39. The van der Waals surface area contributed by atoms with Crippen LogP contribution in [-0.4, -0.2) is 20.2 Å². The number of hydrogen-bond donors (Lipinski definition) is 1. The minimum Gasteiger partial charge on any atom is -0.316 e. The van der Waals surface area contributed by atoms with E-state index in [0.29, 0.717) is 5.67 Å². The van der Waals surface area contributed by atoms with E-state index in [1.54, 1.807) is 0 Å². The highest BCUT2D eigenvalue weighted by Gasteiger charge is 2.27. The second-order valence-corrected chi connectivity index (χ2v) is 12.8. The number of carbonyl (C=O) groups excluding carboxylic acids is 1. The molecule has 0 amide bonds. The first-order valence-corrected chi connectivity index (χ1v) is 11.9. The summed E-state index contributed by atoms with van der Waals surface area (Å²) in [5, 5.41) is 3.51. The first kappa shape index (κ1) is 17.0. The second-order valence-electron chi connectivity index (χ2n) is 6.42. The van der Waals surface area contributed by atoms with Gasteiger partial charge in [-0.25, -0.2) is 0 Å². The summed E-state index contributed by atoms with van der Waals surface area (Å²) in [5.41, 5.74) is 2.33. The van der Waals surface area contributed by atoms with Crippen LogP contribution in [0, 0.1) is 0 Å². The Morgan fingerprint density at radius 3 is 2.32 bits per heavy atom. The fraction of sp³-hybridized carbons (Fsp3) is 0.278. The van der Waals surface area contributed by atoms with Crippen LogP contribution >= 0.6 is 11.8 Å². The van der Waals surface area contributed by atoms with E-state index >= 15 is 0 Å². The van der Waals surface area contributed by atoms with Crippen molar-refractivity contribution in [3.05, 3.63) is 65.7 Å². The molecule has 0 heterocycles. The van der Waals surface area contributed by atoms with Gasteiger partial charge in [-0.3, -0.25) is 4.79 Å². The van der Waals surface area contributed by atoms with E-state index in [1.165, 1.54) is 17.3 Å². The molecule has 0 aromatic heterocycles. The summed E-state index contributed by atoms with van der Waals surface area (Å²) in [7, 11) is 0.608. The molecule has 0 saturated heterocycles. The number of thioether (sulfide) groups is 1. The zero-order chi connectivity index (χ0) is 16.2. The van der Waals surface area contributed by atoms with Crippen LogP contribution < -0.4 is 5.32 Å². The fourth-order valence-corrected chi connectivity index (χ4v) is 5.40. The average molecular weight is 330 g/mol. The first-order valence-electron chi connectivity index (χ1n) is 7.46. The number of rotatable bonds is 5. The average Bonchev–Trinajstić information content (AvgIpc) is 2.48. The lowest BCUT2D eigenvalue weighted by molar-refractivity contribution is 0.108.